The Bertz CT molecular complexity index is 560. The molecular formula is C20H31N3O. The molecular weight excluding hydrogens is 298 g/mol. The van der Waals surface area contributed by atoms with Gasteiger partial charge < -0.3 is 15.1 Å². The number of anilines is 1. The van der Waals surface area contributed by atoms with Gasteiger partial charge in [0, 0.05) is 37.4 Å². The van der Waals surface area contributed by atoms with Crippen LogP contribution in [0.1, 0.15) is 49.0 Å². The van der Waals surface area contributed by atoms with Crippen LogP contribution in [0.2, 0.25) is 0 Å². The lowest BCUT2D eigenvalue weighted by molar-refractivity contribution is 0.0668. The van der Waals surface area contributed by atoms with E-state index in [9.17, 15) is 4.79 Å². The molecule has 4 heteroatoms. The average molecular weight is 329 g/mol. The number of likely N-dealkylation sites (tertiary alicyclic amines) is 1. The van der Waals surface area contributed by atoms with Crippen LogP contribution in [-0.2, 0) is 6.42 Å². The summed E-state index contributed by atoms with van der Waals surface area (Å²) in [6.07, 6.45) is 4.40. The first-order valence-electron chi connectivity index (χ1n) is 9.60. The Morgan fingerprint density at radius 2 is 2.00 bits per heavy atom. The lowest BCUT2D eigenvalue weighted by Gasteiger charge is -2.35. The van der Waals surface area contributed by atoms with Gasteiger partial charge in [-0.3, -0.25) is 4.79 Å². The Morgan fingerprint density at radius 1 is 1.25 bits per heavy atom. The second kappa shape index (κ2) is 8.02. The molecule has 0 unspecified atom stereocenters. The van der Waals surface area contributed by atoms with Crippen LogP contribution in [0.4, 0.5) is 5.69 Å². The number of carbonyl (C=O) groups excluding carboxylic acids is 1. The molecule has 0 saturated carbocycles. The van der Waals surface area contributed by atoms with E-state index in [1.807, 2.05) is 12.1 Å². The summed E-state index contributed by atoms with van der Waals surface area (Å²) in [5.74, 6) is 0.970. The van der Waals surface area contributed by atoms with Crippen molar-refractivity contribution in [2.75, 3.05) is 44.6 Å². The first-order chi connectivity index (χ1) is 11.7. The van der Waals surface area contributed by atoms with Gasteiger partial charge in [0.05, 0.1) is 0 Å². The molecule has 0 atom stereocenters. The molecule has 0 radical (unpaired) electrons. The van der Waals surface area contributed by atoms with Crippen molar-refractivity contribution in [3.8, 4) is 0 Å². The van der Waals surface area contributed by atoms with Crippen LogP contribution in [0.15, 0.2) is 18.2 Å². The first kappa shape index (κ1) is 17.3. The zero-order valence-corrected chi connectivity index (χ0v) is 15.2. The van der Waals surface area contributed by atoms with E-state index in [0.29, 0.717) is 0 Å². The van der Waals surface area contributed by atoms with Gasteiger partial charge in [-0.05, 0) is 62.4 Å². The number of benzene rings is 1. The Labute approximate surface area is 146 Å². The molecule has 1 amide bonds. The van der Waals surface area contributed by atoms with Crippen molar-refractivity contribution in [1.29, 1.82) is 0 Å². The highest BCUT2D eigenvalue weighted by molar-refractivity contribution is 5.97. The first-order valence-corrected chi connectivity index (χ1v) is 9.60. The highest BCUT2D eigenvalue weighted by atomic mass is 16.2. The highest BCUT2D eigenvalue weighted by Gasteiger charge is 2.26. The topological polar surface area (TPSA) is 35.6 Å². The zero-order valence-electron chi connectivity index (χ0n) is 15.2. The van der Waals surface area contributed by atoms with Gasteiger partial charge in [-0.15, -0.1) is 0 Å². The van der Waals surface area contributed by atoms with E-state index >= 15 is 0 Å². The fourth-order valence-electron chi connectivity index (χ4n) is 4.05. The number of hydrogen-bond acceptors (Lipinski definition) is 3. The molecule has 0 aliphatic carbocycles. The molecule has 1 N–H and O–H groups in total. The van der Waals surface area contributed by atoms with Crippen molar-refractivity contribution >= 4 is 11.6 Å². The maximum Gasteiger partial charge on any atom is 0.254 e. The highest BCUT2D eigenvalue weighted by Crippen LogP contribution is 2.27. The molecule has 24 heavy (non-hydrogen) atoms. The maximum absolute atomic E-state index is 13.0. The number of carbonyl (C=O) groups is 1. The van der Waals surface area contributed by atoms with Crippen molar-refractivity contribution < 1.29 is 4.79 Å². The Kier molecular flexibility index (Phi) is 5.77. The van der Waals surface area contributed by atoms with Gasteiger partial charge in [-0.2, -0.15) is 0 Å². The van der Waals surface area contributed by atoms with Crippen LogP contribution in [0.25, 0.3) is 0 Å². The maximum atomic E-state index is 13.0. The predicted molar refractivity (Wildman–Crippen MR) is 99.7 cm³/mol. The Morgan fingerprint density at radius 3 is 2.71 bits per heavy atom. The number of rotatable bonds is 5. The van der Waals surface area contributed by atoms with Gasteiger partial charge in [0.1, 0.15) is 0 Å². The summed E-state index contributed by atoms with van der Waals surface area (Å²) in [4.78, 5) is 17.6. The number of nitrogens with zero attached hydrogens (tertiary/aromatic N) is 2. The van der Waals surface area contributed by atoms with E-state index in [4.69, 9.17) is 0 Å². The van der Waals surface area contributed by atoms with Crippen LogP contribution in [-0.4, -0.2) is 55.0 Å². The molecule has 1 aromatic carbocycles. The van der Waals surface area contributed by atoms with Crippen molar-refractivity contribution in [1.82, 2.24) is 9.80 Å². The standard InChI is InChI=1S/C20H31N3O/c1-3-22(4-2)15-16-10-13-23(14-11-16)20(24)18-7-5-9-19-17(18)8-6-12-21-19/h5,7,9,16,21H,3-4,6,8,10-15H2,1-2H3. The molecule has 2 heterocycles. The van der Waals surface area contributed by atoms with E-state index in [-0.39, 0.29) is 5.91 Å². The number of hydrogen-bond donors (Lipinski definition) is 1. The molecule has 3 rings (SSSR count). The molecule has 1 aromatic rings. The molecule has 1 saturated heterocycles. The van der Waals surface area contributed by atoms with E-state index < -0.39 is 0 Å². The van der Waals surface area contributed by atoms with Crippen molar-refractivity contribution in [3.05, 3.63) is 29.3 Å². The normalized spacial score (nSPS) is 18.4. The van der Waals surface area contributed by atoms with Gasteiger partial charge in [0.2, 0.25) is 0 Å². The fourth-order valence-corrected chi connectivity index (χ4v) is 4.05. The number of nitrogens with one attached hydrogen (secondary N) is 1. The average Bonchev–Trinajstić information content (AvgIpc) is 2.65. The van der Waals surface area contributed by atoms with Gasteiger partial charge in [0.15, 0.2) is 0 Å². The third-order valence-electron chi connectivity index (χ3n) is 5.64. The van der Waals surface area contributed by atoms with Crippen molar-refractivity contribution in [2.45, 2.75) is 39.5 Å². The minimum absolute atomic E-state index is 0.233. The van der Waals surface area contributed by atoms with Gasteiger partial charge in [-0.1, -0.05) is 19.9 Å². The number of amides is 1. The molecule has 0 spiro atoms. The van der Waals surface area contributed by atoms with Crippen LogP contribution in [0.5, 0.6) is 0 Å². The smallest absolute Gasteiger partial charge is 0.254 e. The minimum atomic E-state index is 0.233. The third-order valence-corrected chi connectivity index (χ3v) is 5.64. The van der Waals surface area contributed by atoms with E-state index in [1.54, 1.807) is 0 Å². The van der Waals surface area contributed by atoms with Crippen LogP contribution >= 0.6 is 0 Å². The van der Waals surface area contributed by atoms with Crippen LogP contribution < -0.4 is 5.32 Å². The number of piperidine rings is 1. The monoisotopic (exact) mass is 329 g/mol. The molecule has 4 nitrogen and oxygen atoms in total. The summed E-state index contributed by atoms with van der Waals surface area (Å²) in [5, 5.41) is 3.43. The summed E-state index contributed by atoms with van der Waals surface area (Å²) in [6.45, 7) is 10.7. The molecule has 0 bridgehead atoms. The predicted octanol–water partition coefficient (Wildman–Crippen LogP) is 3.24. The summed E-state index contributed by atoms with van der Waals surface area (Å²) < 4.78 is 0. The lowest BCUT2D eigenvalue weighted by atomic mass is 9.93. The second-order valence-electron chi connectivity index (χ2n) is 7.08. The fraction of sp³-hybridized carbons (Fsp3) is 0.650. The van der Waals surface area contributed by atoms with Gasteiger partial charge >= 0.3 is 0 Å². The van der Waals surface area contributed by atoms with Crippen molar-refractivity contribution in [2.24, 2.45) is 5.92 Å². The van der Waals surface area contributed by atoms with Gasteiger partial charge in [0.25, 0.3) is 5.91 Å². The Balaban J connectivity index is 1.62. The van der Waals surface area contributed by atoms with E-state index in [2.05, 4.69) is 35.0 Å². The van der Waals surface area contributed by atoms with E-state index in [1.165, 1.54) is 12.1 Å². The summed E-state index contributed by atoms with van der Waals surface area (Å²) in [6, 6.07) is 6.12. The second-order valence-corrected chi connectivity index (χ2v) is 7.08. The minimum Gasteiger partial charge on any atom is -0.385 e. The van der Waals surface area contributed by atoms with Gasteiger partial charge in [-0.25, -0.2) is 0 Å². The van der Waals surface area contributed by atoms with Crippen molar-refractivity contribution in [3.63, 3.8) is 0 Å². The SMILES string of the molecule is CCN(CC)CC1CCN(C(=O)c2cccc3c2CCCN3)CC1. The molecule has 1 fully saturated rings. The van der Waals surface area contributed by atoms with Crippen LogP contribution in [0.3, 0.4) is 0 Å². The molecule has 2 aliphatic rings. The summed E-state index contributed by atoms with van der Waals surface area (Å²) in [7, 11) is 0. The van der Waals surface area contributed by atoms with Crippen LogP contribution in [0, 0.1) is 5.92 Å². The number of fused-ring (bicyclic) bond motifs is 1. The third kappa shape index (κ3) is 3.75. The largest absolute Gasteiger partial charge is 0.385 e. The molecule has 0 aromatic heterocycles. The Hall–Kier alpha value is -1.55. The quantitative estimate of drug-likeness (QED) is 0.901. The molecule has 132 valence electrons. The summed E-state index contributed by atoms with van der Waals surface area (Å²) >= 11 is 0. The van der Waals surface area contributed by atoms with E-state index in [0.717, 1.165) is 75.6 Å². The lowest BCUT2D eigenvalue weighted by Crippen LogP contribution is -2.42. The molecule has 2 aliphatic heterocycles. The summed E-state index contributed by atoms with van der Waals surface area (Å²) in [5.41, 5.74) is 3.30. The zero-order chi connectivity index (χ0) is 16.9.